The average Bonchev–Trinajstić information content (AvgIpc) is 2.54. The van der Waals surface area contributed by atoms with Gasteiger partial charge in [0.15, 0.2) is 0 Å². The molecule has 2 amide bonds. The first-order valence-electron chi connectivity index (χ1n) is 7.60. The molecule has 1 heterocycles. The highest BCUT2D eigenvalue weighted by atomic mass is 16.2. The molecule has 0 spiro atoms. The SMILES string of the molecule is CCCNC(=O)c1ccc(NC(=O)C2CCNCC2)cc1. The van der Waals surface area contributed by atoms with Gasteiger partial charge in [-0.05, 0) is 56.6 Å². The Morgan fingerprint density at radius 1 is 1.19 bits per heavy atom. The van der Waals surface area contributed by atoms with E-state index in [0.29, 0.717) is 12.1 Å². The molecule has 21 heavy (non-hydrogen) atoms. The number of carbonyl (C=O) groups is 2. The van der Waals surface area contributed by atoms with Crippen molar-refractivity contribution in [3.8, 4) is 0 Å². The lowest BCUT2D eigenvalue weighted by Crippen LogP contribution is -2.34. The van der Waals surface area contributed by atoms with Gasteiger partial charge >= 0.3 is 0 Å². The van der Waals surface area contributed by atoms with Gasteiger partial charge in [0.05, 0.1) is 0 Å². The second kappa shape index (κ2) is 7.78. The molecule has 114 valence electrons. The van der Waals surface area contributed by atoms with Gasteiger partial charge in [-0.2, -0.15) is 0 Å². The van der Waals surface area contributed by atoms with E-state index in [1.807, 2.05) is 6.92 Å². The van der Waals surface area contributed by atoms with Gasteiger partial charge in [-0.25, -0.2) is 0 Å². The number of benzene rings is 1. The summed E-state index contributed by atoms with van der Waals surface area (Å²) in [5.74, 6) is 0.0755. The van der Waals surface area contributed by atoms with Crippen LogP contribution in [0.3, 0.4) is 0 Å². The minimum atomic E-state index is -0.0759. The summed E-state index contributed by atoms with van der Waals surface area (Å²) >= 11 is 0. The van der Waals surface area contributed by atoms with E-state index in [-0.39, 0.29) is 17.7 Å². The molecule has 1 aliphatic rings. The van der Waals surface area contributed by atoms with Crippen molar-refractivity contribution in [1.29, 1.82) is 0 Å². The molecule has 0 radical (unpaired) electrons. The third-order valence-electron chi connectivity index (χ3n) is 3.66. The number of piperidine rings is 1. The molecule has 1 fully saturated rings. The molecule has 0 saturated carbocycles. The second-order valence-corrected chi connectivity index (χ2v) is 5.35. The lowest BCUT2D eigenvalue weighted by molar-refractivity contribution is -0.120. The van der Waals surface area contributed by atoms with E-state index in [1.165, 1.54) is 0 Å². The number of carbonyl (C=O) groups excluding carboxylic acids is 2. The van der Waals surface area contributed by atoms with Crippen LogP contribution in [0.1, 0.15) is 36.5 Å². The molecule has 1 saturated heterocycles. The van der Waals surface area contributed by atoms with Crippen LogP contribution in [0.15, 0.2) is 24.3 Å². The molecule has 0 aromatic heterocycles. The molecule has 5 nitrogen and oxygen atoms in total. The Hall–Kier alpha value is -1.88. The van der Waals surface area contributed by atoms with E-state index >= 15 is 0 Å². The van der Waals surface area contributed by atoms with Gasteiger partial charge in [0.1, 0.15) is 0 Å². The van der Waals surface area contributed by atoms with Crippen LogP contribution in [0.2, 0.25) is 0 Å². The van der Waals surface area contributed by atoms with Gasteiger partial charge in [-0.15, -0.1) is 0 Å². The Morgan fingerprint density at radius 2 is 1.86 bits per heavy atom. The summed E-state index contributed by atoms with van der Waals surface area (Å²) in [5.41, 5.74) is 1.36. The van der Waals surface area contributed by atoms with Gasteiger partial charge in [0.2, 0.25) is 5.91 Å². The quantitative estimate of drug-likeness (QED) is 0.773. The van der Waals surface area contributed by atoms with Crippen LogP contribution in [-0.4, -0.2) is 31.4 Å². The summed E-state index contributed by atoms with van der Waals surface area (Å²) in [6, 6.07) is 7.03. The Kier molecular flexibility index (Phi) is 5.75. The molecular formula is C16H23N3O2. The van der Waals surface area contributed by atoms with Crippen molar-refractivity contribution in [2.24, 2.45) is 5.92 Å². The van der Waals surface area contributed by atoms with E-state index in [9.17, 15) is 9.59 Å². The summed E-state index contributed by atoms with van der Waals surface area (Å²) < 4.78 is 0. The van der Waals surface area contributed by atoms with Gasteiger partial charge < -0.3 is 16.0 Å². The summed E-state index contributed by atoms with van der Waals surface area (Å²) in [6.45, 7) is 4.48. The highest BCUT2D eigenvalue weighted by molar-refractivity contribution is 5.96. The molecule has 0 bridgehead atoms. The third kappa shape index (κ3) is 4.56. The summed E-state index contributed by atoms with van der Waals surface area (Å²) in [4.78, 5) is 23.9. The van der Waals surface area contributed by atoms with Crippen LogP contribution < -0.4 is 16.0 Å². The lowest BCUT2D eigenvalue weighted by atomic mass is 9.97. The molecule has 3 N–H and O–H groups in total. The first-order valence-corrected chi connectivity index (χ1v) is 7.60. The van der Waals surface area contributed by atoms with Crippen molar-refractivity contribution in [2.75, 3.05) is 25.0 Å². The predicted octanol–water partition coefficient (Wildman–Crippen LogP) is 1.76. The van der Waals surface area contributed by atoms with Crippen LogP contribution in [-0.2, 0) is 4.79 Å². The number of amides is 2. The van der Waals surface area contributed by atoms with Crippen LogP contribution >= 0.6 is 0 Å². The maximum Gasteiger partial charge on any atom is 0.251 e. The van der Waals surface area contributed by atoms with E-state index in [0.717, 1.165) is 38.0 Å². The van der Waals surface area contributed by atoms with E-state index in [2.05, 4.69) is 16.0 Å². The number of nitrogens with one attached hydrogen (secondary N) is 3. The zero-order valence-corrected chi connectivity index (χ0v) is 12.4. The van der Waals surface area contributed by atoms with Gasteiger partial charge in [0.25, 0.3) is 5.91 Å². The maximum atomic E-state index is 12.1. The highest BCUT2D eigenvalue weighted by Gasteiger charge is 2.20. The van der Waals surface area contributed by atoms with Gasteiger partial charge in [-0.1, -0.05) is 6.92 Å². The highest BCUT2D eigenvalue weighted by Crippen LogP contribution is 2.16. The fourth-order valence-corrected chi connectivity index (χ4v) is 2.37. The second-order valence-electron chi connectivity index (χ2n) is 5.35. The fourth-order valence-electron chi connectivity index (χ4n) is 2.37. The molecule has 0 aliphatic carbocycles. The first kappa shape index (κ1) is 15.5. The van der Waals surface area contributed by atoms with Crippen LogP contribution in [0.5, 0.6) is 0 Å². The van der Waals surface area contributed by atoms with Crippen molar-refractivity contribution >= 4 is 17.5 Å². The number of anilines is 1. The van der Waals surface area contributed by atoms with E-state index in [4.69, 9.17) is 0 Å². The summed E-state index contributed by atoms with van der Waals surface area (Å²) in [6.07, 6.45) is 2.67. The van der Waals surface area contributed by atoms with Crippen molar-refractivity contribution in [1.82, 2.24) is 10.6 Å². The van der Waals surface area contributed by atoms with E-state index in [1.54, 1.807) is 24.3 Å². The number of hydrogen-bond donors (Lipinski definition) is 3. The molecule has 0 atom stereocenters. The van der Waals surface area contributed by atoms with E-state index < -0.39 is 0 Å². The smallest absolute Gasteiger partial charge is 0.251 e. The maximum absolute atomic E-state index is 12.1. The fraction of sp³-hybridized carbons (Fsp3) is 0.500. The topological polar surface area (TPSA) is 70.2 Å². The van der Waals surface area contributed by atoms with Gasteiger partial charge in [0, 0.05) is 23.7 Å². The predicted molar refractivity (Wildman–Crippen MR) is 83.3 cm³/mol. The zero-order chi connectivity index (χ0) is 15.1. The molecular weight excluding hydrogens is 266 g/mol. The van der Waals surface area contributed by atoms with Crippen LogP contribution in [0.25, 0.3) is 0 Å². The summed E-state index contributed by atoms with van der Waals surface area (Å²) in [7, 11) is 0. The Morgan fingerprint density at radius 3 is 2.48 bits per heavy atom. The van der Waals surface area contributed by atoms with Crippen LogP contribution in [0, 0.1) is 5.92 Å². The monoisotopic (exact) mass is 289 g/mol. The number of hydrogen-bond acceptors (Lipinski definition) is 3. The first-order chi connectivity index (χ1) is 10.2. The average molecular weight is 289 g/mol. The van der Waals surface area contributed by atoms with Crippen molar-refractivity contribution in [3.05, 3.63) is 29.8 Å². The minimum absolute atomic E-state index is 0.0692. The Bertz CT molecular complexity index is 479. The van der Waals surface area contributed by atoms with Crippen molar-refractivity contribution in [2.45, 2.75) is 26.2 Å². The Labute approximate surface area is 125 Å². The normalized spacial score (nSPS) is 15.5. The number of rotatable bonds is 5. The molecule has 1 aromatic carbocycles. The third-order valence-corrected chi connectivity index (χ3v) is 3.66. The van der Waals surface area contributed by atoms with Gasteiger partial charge in [-0.3, -0.25) is 9.59 Å². The van der Waals surface area contributed by atoms with Crippen molar-refractivity contribution < 1.29 is 9.59 Å². The largest absolute Gasteiger partial charge is 0.352 e. The zero-order valence-electron chi connectivity index (χ0n) is 12.4. The molecule has 1 aromatic rings. The molecule has 2 rings (SSSR count). The lowest BCUT2D eigenvalue weighted by Gasteiger charge is -2.21. The minimum Gasteiger partial charge on any atom is -0.352 e. The molecule has 5 heteroatoms. The standard InChI is InChI=1S/C16H23N3O2/c1-2-9-18-15(20)12-3-5-14(6-4-12)19-16(21)13-7-10-17-11-8-13/h3-6,13,17H,2,7-11H2,1H3,(H,18,20)(H,19,21). The Balaban J connectivity index is 1.89. The van der Waals surface area contributed by atoms with Crippen molar-refractivity contribution in [3.63, 3.8) is 0 Å². The van der Waals surface area contributed by atoms with Crippen LogP contribution in [0.4, 0.5) is 5.69 Å². The molecule has 0 unspecified atom stereocenters. The molecule has 1 aliphatic heterocycles. The summed E-state index contributed by atoms with van der Waals surface area (Å²) in [5, 5.41) is 9.00.